The maximum absolute atomic E-state index is 12.6. The Labute approximate surface area is 124 Å². The first-order valence-corrected chi connectivity index (χ1v) is 7.17. The molecule has 1 aliphatic heterocycles. The van der Waals surface area contributed by atoms with Gasteiger partial charge < -0.3 is 19.7 Å². The second kappa shape index (κ2) is 6.30. The predicted molar refractivity (Wildman–Crippen MR) is 77.7 cm³/mol. The van der Waals surface area contributed by atoms with Crippen LogP contribution in [0.2, 0.25) is 0 Å². The highest BCUT2D eigenvalue weighted by molar-refractivity contribution is 6.00. The largest absolute Gasteiger partial charge is 0.477 e. The lowest BCUT2D eigenvalue weighted by atomic mass is 10.0. The van der Waals surface area contributed by atoms with Crippen molar-refractivity contribution in [3.63, 3.8) is 0 Å². The molecule has 0 saturated carbocycles. The zero-order valence-electron chi connectivity index (χ0n) is 12.7. The Morgan fingerprint density at radius 2 is 2.14 bits per heavy atom. The standard InChI is InChI=1S/C15H22N2O4/c1-9-12(10(2)16-13(9)15(19)20)14(18)17(3)7-11-5-4-6-21-8-11/h11,16H,4-8H2,1-3H3,(H,19,20). The van der Waals surface area contributed by atoms with Crippen molar-refractivity contribution in [2.45, 2.75) is 26.7 Å². The number of aryl methyl sites for hydroxylation is 1. The van der Waals surface area contributed by atoms with Crippen molar-refractivity contribution >= 4 is 11.9 Å². The van der Waals surface area contributed by atoms with Crippen molar-refractivity contribution in [3.05, 3.63) is 22.5 Å². The fourth-order valence-electron chi connectivity index (χ4n) is 2.90. The number of rotatable bonds is 4. The molecule has 1 aliphatic rings. The van der Waals surface area contributed by atoms with Gasteiger partial charge in [0.05, 0.1) is 12.2 Å². The first kappa shape index (κ1) is 15.6. The van der Waals surface area contributed by atoms with Gasteiger partial charge in [-0.1, -0.05) is 0 Å². The van der Waals surface area contributed by atoms with Gasteiger partial charge in [0, 0.05) is 25.9 Å². The second-order valence-corrected chi connectivity index (χ2v) is 5.70. The maximum Gasteiger partial charge on any atom is 0.352 e. The minimum atomic E-state index is -1.04. The van der Waals surface area contributed by atoms with Crippen LogP contribution in [0.1, 0.15) is 44.9 Å². The number of carboxylic acids is 1. The van der Waals surface area contributed by atoms with E-state index in [1.165, 1.54) is 0 Å². The molecule has 0 bridgehead atoms. The van der Waals surface area contributed by atoms with E-state index in [1.807, 2.05) is 0 Å². The van der Waals surface area contributed by atoms with E-state index in [0.717, 1.165) is 19.4 Å². The van der Waals surface area contributed by atoms with Crippen LogP contribution >= 0.6 is 0 Å². The number of hydrogen-bond acceptors (Lipinski definition) is 3. The molecule has 1 fully saturated rings. The molecular weight excluding hydrogens is 272 g/mol. The van der Waals surface area contributed by atoms with Crippen molar-refractivity contribution in [3.8, 4) is 0 Å². The summed E-state index contributed by atoms with van der Waals surface area (Å²) >= 11 is 0. The number of amides is 1. The Balaban J connectivity index is 2.13. The van der Waals surface area contributed by atoms with Crippen LogP contribution in [0.3, 0.4) is 0 Å². The Hall–Kier alpha value is -1.82. The summed E-state index contributed by atoms with van der Waals surface area (Å²) in [4.78, 5) is 28.1. The van der Waals surface area contributed by atoms with Crippen molar-refractivity contribution < 1.29 is 19.4 Å². The molecule has 0 aromatic carbocycles. The van der Waals surface area contributed by atoms with Gasteiger partial charge >= 0.3 is 5.97 Å². The number of nitrogens with zero attached hydrogens (tertiary/aromatic N) is 1. The molecule has 1 aromatic heterocycles. The Morgan fingerprint density at radius 3 is 2.67 bits per heavy atom. The Morgan fingerprint density at radius 1 is 1.43 bits per heavy atom. The lowest BCUT2D eigenvalue weighted by Crippen LogP contribution is -2.35. The van der Waals surface area contributed by atoms with E-state index in [-0.39, 0.29) is 11.6 Å². The maximum atomic E-state index is 12.6. The Bertz CT molecular complexity index is 544. The summed E-state index contributed by atoms with van der Waals surface area (Å²) in [6.07, 6.45) is 2.08. The molecule has 2 N–H and O–H groups in total. The van der Waals surface area contributed by atoms with Gasteiger partial charge in [-0.25, -0.2) is 4.79 Å². The number of ether oxygens (including phenoxy) is 1. The van der Waals surface area contributed by atoms with E-state index >= 15 is 0 Å². The quantitative estimate of drug-likeness (QED) is 0.887. The summed E-state index contributed by atoms with van der Waals surface area (Å²) < 4.78 is 5.43. The molecule has 1 aromatic rings. The van der Waals surface area contributed by atoms with Gasteiger partial charge in [0.25, 0.3) is 5.91 Å². The molecule has 2 heterocycles. The summed E-state index contributed by atoms with van der Waals surface area (Å²) in [7, 11) is 1.75. The van der Waals surface area contributed by atoms with Gasteiger partial charge in [-0.15, -0.1) is 0 Å². The van der Waals surface area contributed by atoms with Crippen LogP contribution in [0.25, 0.3) is 0 Å². The summed E-state index contributed by atoms with van der Waals surface area (Å²) in [6.45, 7) is 5.50. The fourth-order valence-corrected chi connectivity index (χ4v) is 2.90. The third-order valence-electron chi connectivity index (χ3n) is 4.00. The third kappa shape index (κ3) is 3.26. The smallest absolute Gasteiger partial charge is 0.352 e. The number of carbonyl (C=O) groups is 2. The third-order valence-corrected chi connectivity index (χ3v) is 4.00. The van der Waals surface area contributed by atoms with Crippen LogP contribution in [-0.2, 0) is 4.74 Å². The van der Waals surface area contributed by atoms with Crippen molar-refractivity contribution in [1.29, 1.82) is 0 Å². The van der Waals surface area contributed by atoms with Crippen molar-refractivity contribution in [1.82, 2.24) is 9.88 Å². The van der Waals surface area contributed by atoms with Crippen LogP contribution in [0.5, 0.6) is 0 Å². The zero-order valence-corrected chi connectivity index (χ0v) is 12.7. The predicted octanol–water partition coefficient (Wildman–Crippen LogP) is 1.83. The van der Waals surface area contributed by atoms with Gasteiger partial charge in [0.2, 0.25) is 0 Å². The van der Waals surface area contributed by atoms with E-state index in [9.17, 15) is 9.59 Å². The number of aromatic nitrogens is 1. The van der Waals surface area contributed by atoms with E-state index in [1.54, 1.807) is 25.8 Å². The van der Waals surface area contributed by atoms with Crippen LogP contribution in [-0.4, -0.2) is 53.7 Å². The molecule has 2 rings (SSSR count). The molecule has 1 saturated heterocycles. The summed E-state index contributed by atoms with van der Waals surface area (Å²) in [6, 6.07) is 0. The van der Waals surface area contributed by atoms with E-state index < -0.39 is 5.97 Å². The normalized spacial score (nSPS) is 18.5. The molecule has 1 amide bonds. The zero-order chi connectivity index (χ0) is 15.6. The van der Waals surface area contributed by atoms with Crippen molar-refractivity contribution in [2.75, 3.05) is 26.8 Å². The average molecular weight is 294 g/mol. The highest BCUT2D eigenvalue weighted by atomic mass is 16.5. The van der Waals surface area contributed by atoms with Gasteiger partial charge in [-0.05, 0) is 38.2 Å². The molecule has 0 spiro atoms. The van der Waals surface area contributed by atoms with Crippen LogP contribution in [0.4, 0.5) is 0 Å². The van der Waals surface area contributed by atoms with Gasteiger partial charge in [-0.3, -0.25) is 4.79 Å². The summed E-state index contributed by atoms with van der Waals surface area (Å²) in [5.41, 5.74) is 1.65. The number of aromatic carboxylic acids is 1. The van der Waals surface area contributed by atoms with Crippen LogP contribution in [0.15, 0.2) is 0 Å². The highest BCUT2D eigenvalue weighted by Gasteiger charge is 2.25. The SMILES string of the molecule is Cc1[nH]c(C(=O)O)c(C)c1C(=O)N(C)CC1CCCOC1. The summed E-state index contributed by atoms with van der Waals surface area (Å²) in [5.74, 6) is -0.830. The van der Waals surface area contributed by atoms with E-state index in [0.29, 0.717) is 35.9 Å². The minimum absolute atomic E-state index is 0.0882. The van der Waals surface area contributed by atoms with E-state index in [4.69, 9.17) is 9.84 Å². The molecule has 1 unspecified atom stereocenters. The first-order chi connectivity index (χ1) is 9.91. The Kier molecular flexibility index (Phi) is 4.67. The molecule has 116 valence electrons. The molecule has 6 heteroatoms. The minimum Gasteiger partial charge on any atom is -0.477 e. The number of hydrogen-bond donors (Lipinski definition) is 2. The van der Waals surface area contributed by atoms with Crippen molar-refractivity contribution in [2.24, 2.45) is 5.92 Å². The number of carbonyl (C=O) groups excluding carboxylic acids is 1. The van der Waals surface area contributed by atoms with Gasteiger partial charge in [0.15, 0.2) is 0 Å². The van der Waals surface area contributed by atoms with Gasteiger partial charge in [-0.2, -0.15) is 0 Å². The average Bonchev–Trinajstić information content (AvgIpc) is 2.74. The monoisotopic (exact) mass is 294 g/mol. The lowest BCUT2D eigenvalue weighted by molar-refractivity contribution is 0.0388. The highest BCUT2D eigenvalue weighted by Crippen LogP contribution is 2.21. The van der Waals surface area contributed by atoms with Crippen LogP contribution < -0.4 is 0 Å². The summed E-state index contributed by atoms with van der Waals surface area (Å²) in [5, 5.41) is 9.11. The van der Waals surface area contributed by atoms with E-state index in [2.05, 4.69) is 4.98 Å². The molecule has 1 atom stereocenters. The fraction of sp³-hybridized carbons (Fsp3) is 0.600. The molecule has 6 nitrogen and oxygen atoms in total. The number of nitrogens with one attached hydrogen (secondary N) is 1. The van der Waals surface area contributed by atoms with Crippen LogP contribution in [0, 0.1) is 19.8 Å². The second-order valence-electron chi connectivity index (χ2n) is 5.70. The first-order valence-electron chi connectivity index (χ1n) is 7.17. The topological polar surface area (TPSA) is 82.6 Å². The molecule has 0 radical (unpaired) electrons. The molecule has 21 heavy (non-hydrogen) atoms. The number of aromatic amines is 1. The number of carboxylic acid groups (broad SMARTS) is 1. The lowest BCUT2D eigenvalue weighted by Gasteiger charge is -2.27. The molecule has 0 aliphatic carbocycles. The number of H-pyrrole nitrogens is 1. The molecular formula is C15H22N2O4. The van der Waals surface area contributed by atoms with Gasteiger partial charge in [0.1, 0.15) is 5.69 Å².